The van der Waals surface area contributed by atoms with Gasteiger partial charge in [0.15, 0.2) is 11.2 Å². The number of H-pyrrole nitrogens is 1. The van der Waals surface area contributed by atoms with Crippen molar-refractivity contribution >= 4 is 17.1 Å². The van der Waals surface area contributed by atoms with Crippen molar-refractivity contribution in [1.29, 1.82) is 0 Å². The number of aryl methyl sites for hydroxylation is 3. The summed E-state index contributed by atoms with van der Waals surface area (Å²) < 4.78 is 17.2. The molecule has 194 valence electrons. The Morgan fingerprint density at radius 1 is 1.19 bits per heavy atom. The molecule has 9 nitrogen and oxygen atoms in total. The third-order valence-electron chi connectivity index (χ3n) is 7.04. The van der Waals surface area contributed by atoms with Crippen LogP contribution in [0.1, 0.15) is 56.5 Å². The van der Waals surface area contributed by atoms with Crippen molar-refractivity contribution in [3.63, 3.8) is 0 Å². The standard InChI is InChI=1S/C26H35FN6O3/c1-4-6-11-33-23-22(25(35)30-26(33)36)32(5-2)21(29-23)16-31-12-9-19(10-13-31)24(34)28-15-18-8-7-17(3)20(27)14-18/h7-8,14,19H,4-6,9-13,15-16H2,1-3H3,(H,28,34)(H,30,35,36). The van der Waals surface area contributed by atoms with Crippen molar-refractivity contribution in [2.45, 2.75) is 72.6 Å². The summed E-state index contributed by atoms with van der Waals surface area (Å²) in [7, 11) is 0. The maximum Gasteiger partial charge on any atom is 0.330 e. The summed E-state index contributed by atoms with van der Waals surface area (Å²) in [6.45, 7) is 9.11. The van der Waals surface area contributed by atoms with Crippen molar-refractivity contribution < 1.29 is 9.18 Å². The molecule has 0 spiro atoms. The van der Waals surface area contributed by atoms with E-state index < -0.39 is 11.2 Å². The summed E-state index contributed by atoms with van der Waals surface area (Å²) in [4.78, 5) is 47.1. The van der Waals surface area contributed by atoms with Crippen LogP contribution >= 0.6 is 0 Å². The molecule has 0 atom stereocenters. The zero-order valence-electron chi connectivity index (χ0n) is 21.3. The highest BCUT2D eigenvalue weighted by molar-refractivity contribution is 5.78. The number of nitrogens with one attached hydrogen (secondary N) is 2. The molecule has 3 heterocycles. The second kappa shape index (κ2) is 11.2. The van der Waals surface area contributed by atoms with Crippen LogP contribution in [0.5, 0.6) is 0 Å². The molecular weight excluding hydrogens is 463 g/mol. The maximum absolute atomic E-state index is 13.8. The fourth-order valence-electron chi connectivity index (χ4n) is 4.84. The first-order valence-corrected chi connectivity index (χ1v) is 12.8. The van der Waals surface area contributed by atoms with E-state index in [1.165, 1.54) is 6.07 Å². The van der Waals surface area contributed by atoms with Crippen molar-refractivity contribution in [2.75, 3.05) is 13.1 Å². The minimum atomic E-state index is -0.423. The van der Waals surface area contributed by atoms with Crippen molar-refractivity contribution in [3.05, 3.63) is 61.8 Å². The number of imidazole rings is 1. The molecule has 10 heteroatoms. The van der Waals surface area contributed by atoms with Crippen LogP contribution in [-0.4, -0.2) is 43.0 Å². The summed E-state index contributed by atoms with van der Waals surface area (Å²) >= 11 is 0. The van der Waals surface area contributed by atoms with Gasteiger partial charge in [-0.2, -0.15) is 0 Å². The van der Waals surface area contributed by atoms with Gasteiger partial charge >= 0.3 is 5.69 Å². The molecule has 4 rings (SSSR count). The highest BCUT2D eigenvalue weighted by atomic mass is 19.1. The second-order valence-electron chi connectivity index (χ2n) is 9.56. The summed E-state index contributed by atoms with van der Waals surface area (Å²) in [6, 6.07) is 5.01. The van der Waals surface area contributed by atoms with Crippen LogP contribution < -0.4 is 16.6 Å². The van der Waals surface area contributed by atoms with Crippen LogP contribution in [0, 0.1) is 18.7 Å². The number of unbranched alkanes of at least 4 members (excludes halogenated alkanes) is 1. The van der Waals surface area contributed by atoms with Gasteiger partial charge in [-0.05, 0) is 63.4 Å². The van der Waals surface area contributed by atoms with Crippen LogP contribution in [0.25, 0.3) is 11.2 Å². The molecule has 1 saturated heterocycles. The molecule has 1 aliphatic rings. The number of carbonyl (C=O) groups excluding carboxylic acids is 1. The molecule has 0 unspecified atom stereocenters. The molecule has 0 radical (unpaired) electrons. The van der Waals surface area contributed by atoms with Gasteiger partial charge in [-0.15, -0.1) is 0 Å². The molecule has 1 amide bonds. The van der Waals surface area contributed by atoms with E-state index in [0.29, 0.717) is 55.7 Å². The number of hydrogen-bond acceptors (Lipinski definition) is 5. The molecule has 2 N–H and O–H groups in total. The fraction of sp³-hybridized carbons (Fsp3) is 0.538. The number of halogens is 1. The minimum absolute atomic E-state index is 0.0112. The lowest BCUT2D eigenvalue weighted by molar-refractivity contribution is -0.126. The summed E-state index contributed by atoms with van der Waals surface area (Å²) in [5, 5.41) is 2.94. The largest absolute Gasteiger partial charge is 0.352 e. The molecule has 0 aliphatic carbocycles. The number of benzene rings is 1. The van der Waals surface area contributed by atoms with Crippen LogP contribution in [0.2, 0.25) is 0 Å². The Balaban J connectivity index is 1.41. The predicted octanol–water partition coefficient (Wildman–Crippen LogP) is 2.68. The van der Waals surface area contributed by atoms with E-state index >= 15 is 0 Å². The van der Waals surface area contributed by atoms with E-state index in [0.717, 1.165) is 37.3 Å². The number of fused-ring (bicyclic) bond motifs is 1. The average Bonchev–Trinajstić information content (AvgIpc) is 3.23. The van der Waals surface area contributed by atoms with Gasteiger partial charge in [0.05, 0.1) is 6.54 Å². The third-order valence-corrected chi connectivity index (χ3v) is 7.04. The fourth-order valence-corrected chi connectivity index (χ4v) is 4.84. The molecule has 1 aromatic carbocycles. The predicted molar refractivity (Wildman–Crippen MR) is 136 cm³/mol. The molecule has 3 aromatic rings. The van der Waals surface area contributed by atoms with E-state index in [4.69, 9.17) is 4.98 Å². The molecule has 2 aromatic heterocycles. The second-order valence-corrected chi connectivity index (χ2v) is 9.56. The van der Waals surface area contributed by atoms with Crippen LogP contribution in [0.15, 0.2) is 27.8 Å². The van der Waals surface area contributed by atoms with Gasteiger partial charge < -0.3 is 9.88 Å². The summed E-state index contributed by atoms with van der Waals surface area (Å²) in [5.41, 5.74) is 1.37. The number of piperidine rings is 1. The molecule has 1 aliphatic heterocycles. The normalized spacial score (nSPS) is 15.0. The number of rotatable bonds is 9. The van der Waals surface area contributed by atoms with Crippen LogP contribution in [-0.2, 0) is 31.0 Å². The highest BCUT2D eigenvalue weighted by Crippen LogP contribution is 2.21. The zero-order valence-corrected chi connectivity index (χ0v) is 21.3. The first-order chi connectivity index (χ1) is 17.3. The third kappa shape index (κ3) is 5.43. The Kier molecular flexibility index (Phi) is 8.03. The van der Waals surface area contributed by atoms with Gasteiger partial charge in [-0.1, -0.05) is 25.5 Å². The molecule has 1 fully saturated rings. The summed E-state index contributed by atoms with van der Waals surface area (Å²) in [5.74, 6) is 0.377. The SMILES string of the molecule is CCCCn1c(=O)[nH]c(=O)c2c1nc(CN1CCC(C(=O)NCc3ccc(C)c(F)c3)CC1)n2CC. The topological polar surface area (TPSA) is 105 Å². The number of hydrogen-bond donors (Lipinski definition) is 2. The van der Waals surface area contributed by atoms with E-state index in [-0.39, 0.29) is 17.6 Å². The highest BCUT2D eigenvalue weighted by Gasteiger charge is 2.26. The number of aromatic nitrogens is 4. The quantitative estimate of drug-likeness (QED) is 0.472. The lowest BCUT2D eigenvalue weighted by Crippen LogP contribution is -2.40. The Hall–Kier alpha value is -3.27. The van der Waals surface area contributed by atoms with E-state index in [1.807, 2.05) is 17.6 Å². The number of likely N-dealkylation sites (tertiary alicyclic amines) is 1. The first-order valence-electron chi connectivity index (χ1n) is 12.8. The molecule has 0 bridgehead atoms. The van der Waals surface area contributed by atoms with Gasteiger partial charge in [0.1, 0.15) is 11.6 Å². The summed E-state index contributed by atoms with van der Waals surface area (Å²) in [6.07, 6.45) is 3.17. The van der Waals surface area contributed by atoms with Crippen molar-refractivity contribution in [2.24, 2.45) is 5.92 Å². The van der Waals surface area contributed by atoms with E-state index in [1.54, 1.807) is 17.6 Å². The Morgan fingerprint density at radius 2 is 1.94 bits per heavy atom. The molecular formula is C26H35FN6O3. The first kappa shape index (κ1) is 25.8. The maximum atomic E-state index is 13.8. The molecule has 36 heavy (non-hydrogen) atoms. The minimum Gasteiger partial charge on any atom is -0.352 e. The van der Waals surface area contributed by atoms with Gasteiger partial charge in [0, 0.05) is 25.6 Å². The lowest BCUT2D eigenvalue weighted by Gasteiger charge is -2.31. The average molecular weight is 499 g/mol. The van der Waals surface area contributed by atoms with E-state index in [2.05, 4.69) is 22.1 Å². The van der Waals surface area contributed by atoms with Crippen LogP contribution in [0.3, 0.4) is 0 Å². The van der Waals surface area contributed by atoms with Crippen molar-refractivity contribution in [3.8, 4) is 0 Å². The van der Waals surface area contributed by atoms with Gasteiger partial charge in [-0.25, -0.2) is 14.2 Å². The molecule has 0 saturated carbocycles. The zero-order chi connectivity index (χ0) is 25.8. The smallest absolute Gasteiger partial charge is 0.330 e. The Bertz CT molecular complexity index is 1350. The Labute approximate surface area is 209 Å². The van der Waals surface area contributed by atoms with Gasteiger partial charge in [0.2, 0.25) is 5.91 Å². The lowest BCUT2D eigenvalue weighted by atomic mass is 9.96. The van der Waals surface area contributed by atoms with E-state index in [9.17, 15) is 18.8 Å². The van der Waals surface area contributed by atoms with Gasteiger partial charge in [0.25, 0.3) is 5.56 Å². The van der Waals surface area contributed by atoms with Crippen molar-refractivity contribution in [1.82, 2.24) is 29.3 Å². The Morgan fingerprint density at radius 3 is 2.61 bits per heavy atom. The number of carbonyl (C=O) groups is 1. The number of amides is 1. The number of aromatic amines is 1. The van der Waals surface area contributed by atoms with Crippen LogP contribution in [0.4, 0.5) is 4.39 Å². The van der Waals surface area contributed by atoms with Gasteiger partial charge in [-0.3, -0.25) is 24.0 Å². The number of nitrogens with zero attached hydrogens (tertiary/aromatic N) is 4. The monoisotopic (exact) mass is 498 g/mol.